The lowest BCUT2D eigenvalue weighted by Gasteiger charge is -2.27. The number of hydrogen-bond acceptors (Lipinski definition) is 4. The van der Waals surface area contributed by atoms with Crippen LogP contribution in [0.5, 0.6) is 17.2 Å². The second-order valence-electron chi connectivity index (χ2n) is 5.25. The quantitative estimate of drug-likeness (QED) is 0.859. The zero-order valence-electron chi connectivity index (χ0n) is 11.8. The first-order valence-corrected chi connectivity index (χ1v) is 6.77. The summed E-state index contributed by atoms with van der Waals surface area (Å²) in [7, 11) is 3.27. The van der Waals surface area contributed by atoms with Crippen LogP contribution in [-0.2, 0) is 0 Å². The van der Waals surface area contributed by atoms with Crippen molar-refractivity contribution in [3.8, 4) is 17.2 Å². The van der Waals surface area contributed by atoms with Crippen LogP contribution in [0.4, 0.5) is 0 Å². The molecule has 0 spiro atoms. The molecule has 0 unspecified atom stereocenters. The SMILES string of the molecule is COc1cc(OC)cc(OCC2(CN)CCCC2)c1. The van der Waals surface area contributed by atoms with Gasteiger partial charge in [0.15, 0.2) is 0 Å². The summed E-state index contributed by atoms with van der Waals surface area (Å²) in [4.78, 5) is 0. The molecule has 1 saturated carbocycles. The maximum Gasteiger partial charge on any atom is 0.126 e. The van der Waals surface area contributed by atoms with Crippen molar-refractivity contribution < 1.29 is 14.2 Å². The van der Waals surface area contributed by atoms with Crippen LogP contribution in [0.3, 0.4) is 0 Å². The minimum atomic E-state index is 0.149. The molecule has 0 aromatic heterocycles. The molecule has 1 aliphatic rings. The largest absolute Gasteiger partial charge is 0.496 e. The lowest BCUT2D eigenvalue weighted by molar-refractivity contribution is 0.156. The predicted octanol–water partition coefficient (Wildman–Crippen LogP) is 2.60. The van der Waals surface area contributed by atoms with Gasteiger partial charge in [-0.15, -0.1) is 0 Å². The van der Waals surface area contributed by atoms with Crippen LogP contribution in [0.2, 0.25) is 0 Å². The van der Waals surface area contributed by atoms with E-state index in [4.69, 9.17) is 19.9 Å². The number of rotatable bonds is 6. The van der Waals surface area contributed by atoms with Crippen molar-refractivity contribution in [1.29, 1.82) is 0 Å². The molecule has 0 heterocycles. The van der Waals surface area contributed by atoms with Gasteiger partial charge >= 0.3 is 0 Å². The van der Waals surface area contributed by atoms with Gasteiger partial charge in [-0.25, -0.2) is 0 Å². The number of methoxy groups -OCH3 is 2. The molecule has 0 atom stereocenters. The van der Waals surface area contributed by atoms with Crippen molar-refractivity contribution in [1.82, 2.24) is 0 Å². The van der Waals surface area contributed by atoms with E-state index in [-0.39, 0.29) is 5.41 Å². The van der Waals surface area contributed by atoms with Crippen molar-refractivity contribution in [3.63, 3.8) is 0 Å². The second-order valence-corrected chi connectivity index (χ2v) is 5.25. The molecule has 0 saturated heterocycles. The van der Waals surface area contributed by atoms with Gasteiger partial charge in [-0.05, 0) is 12.8 Å². The number of benzene rings is 1. The summed E-state index contributed by atoms with van der Waals surface area (Å²) in [6, 6.07) is 5.59. The normalized spacial score (nSPS) is 17.2. The molecule has 0 amide bonds. The van der Waals surface area contributed by atoms with Gasteiger partial charge in [0.25, 0.3) is 0 Å². The Balaban J connectivity index is 2.06. The average molecular weight is 265 g/mol. The first-order chi connectivity index (χ1) is 9.21. The summed E-state index contributed by atoms with van der Waals surface area (Å²) in [5, 5.41) is 0. The average Bonchev–Trinajstić information content (AvgIpc) is 2.94. The van der Waals surface area contributed by atoms with Crippen molar-refractivity contribution in [2.24, 2.45) is 11.1 Å². The molecule has 4 heteroatoms. The Morgan fingerprint density at radius 2 is 1.53 bits per heavy atom. The molecule has 1 aromatic rings. The van der Waals surface area contributed by atoms with Gasteiger partial charge in [-0.2, -0.15) is 0 Å². The summed E-state index contributed by atoms with van der Waals surface area (Å²) >= 11 is 0. The Bertz CT molecular complexity index is 392. The van der Waals surface area contributed by atoms with E-state index in [9.17, 15) is 0 Å². The van der Waals surface area contributed by atoms with E-state index in [1.807, 2.05) is 18.2 Å². The summed E-state index contributed by atoms with van der Waals surface area (Å²) in [5.74, 6) is 2.25. The molecule has 0 bridgehead atoms. The zero-order valence-corrected chi connectivity index (χ0v) is 11.8. The second kappa shape index (κ2) is 6.15. The van der Waals surface area contributed by atoms with E-state index in [0.29, 0.717) is 13.2 Å². The minimum absolute atomic E-state index is 0.149. The molecule has 2 N–H and O–H groups in total. The third kappa shape index (κ3) is 3.32. The van der Waals surface area contributed by atoms with E-state index in [0.717, 1.165) is 30.1 Å². The van der Waals surface area contributed by atoms with Gasteiger partial charge in [-0.3, -0.25) is 0 Å². The van der Waals surface area contributed by atoms with E-state index in [2.05, 4.69) is 0 Å². The maximum atomic E-state index is 5.93. The Hall–Kier alpha value is -1.42. The van der Waals surface area contributed by atoms with Crippen molar-refractivity contribution in [2.45, 2.75) is 25.7 Å². The fourth-order valence-corrected chi connectivity index (χ4v) is 2.63. The van der Waals surface area contributed by atoms with Gasteiger partial charge in [0.1, 0.15) is 17.2 Å². The summed E-state index contributed by atoms with van der Waals surface area (Å²) in [6.45, 7) is 1.36. The Kier molecular flexibility index (Phi) is 4.53. The molecule has 0 radical (unpaired) electrons. The highest BCUT2D eigenvalue weighted by atomic mass is 16.5. The molecule has 1 fully saturated rings. The van der Waals surface area contributed by atoms with Crippen LogP contribution in [0.25, 0.3) is 0 Å². The topological polar surface area (TPSA) is 53.7 Å². The highest BCUT2D eigenvalue weighted by Crippen LogP contribution is 2.38. The summed E-state index contributed by atoms with van der Waals surface area (Å²) in [5.41, 5.74) is 6.06. The number of hydrogen-bond donors (Lipinski definition) is 1. The molecule has 0 aliphatic heterocycles. The van der Waals surface area contributed by atoms with E-state index in [1.165, 1.54) is 12.8 Å². The standard InChI is InChI=1S/C15H23NO3/c1-17-12-7-13(18-2)9-14(8-12)19-11-15(10-16)5-3-4-6-15/h7-9H,3-6,10-11,16H2,1-2H3. The van der Waals surface area contributed by atoms with Crippen LogP contribution in [0.15, 0.2) is 18.2 Å². The Morgan fingerprint density at radius 1 is 1.00 bits per heavy atom. The molecular weight excluding hydrogens is 242 g/mol. The Labute approximate surface area is 114 Å². The lowest BCUT2D eigenvalue weighted by Crippen LogP contribution is -2.33. The van der Waals surface area contributed by atoms with Gasteiger partial charge in [0.2, 0.25) is 0 Å². The van der Waals surface area contributed by atoms with Crippen molar-refractivity contribution in [2.75, 3.05) is 27.4 Å². The van der Waals surface area contributed by atoms with Crippen LogP contribution in [0.1, 0.15) is 25.7 Å². The van der Waals surface area contributed by atoms with Crippen LogP contribution in [0, 0.1) is 5.41 Å². The van der Waals surface area contributed by atoms with Crippen molar-refractivity contribution in [3.05, 3.63) is 18.2 Å². The molecule has 1 aromatic carbocycles. The summed E-state index contributed by atoms with van der Waals surface area (Å²) in [6.07, 6.45) is 4.82. The predicted molar refractivity (Wildman–Crippen MR) is 75.0 cm³/mol. The molecule has 2 rings (SSSR count). The highest BCUT2D eigenvalue weighted by Gasteiger charge is 2.33. The molecule has 106 valence electrons. The first kappa shape index (κ1) is 14.0. The fourth-order valence-electron chi connectivity index (χ4n) is 2.63. The van der Waals surface area contributed by atoms with Crippen LogP contribution in [-0.4, -0.2) is 27.4 Å². The lowest BCUT2D eigenvalue weighted by atomic mass is 9.87. The van der Waals surface area contributed by atoms with E-state index in [1.54, 1.807) is 14.2 Å². The highest BCUT2D eigenvalue weighted by molar-refractivity contribution is 5.42. The molecule has 19 heavy (non-hydrogen) atoms. The maximum absolute atomic E-state index is 5.93. The van der Waals surface area contributed by atoms with Crippen molar-refractivity contribution >= 4 is 0 Å². The van der Waals surface area contributed by atoms with E-state index < -0.39 is 0 Å². The van der Waals surface area contributed by atoms with Crippen LogP contribution >= 0.6 is 0 Å². The molecular formula is C15H23NO3. The monoisotopic (exact) mass is 265 g/mol. The molecule has 1 aliphatic carbocycles. The Morgan fingerprint density at radius 3 is 2.00 bits per heavy atom. The number of nitrogens with two attached hydrogens (primary N) is 1. The van der Waals surface area contributed by atoms with Gasteiger partial charge in [0, 0.05) is 30.2 Å². The number of ether oxygens (including phenoxy) is 3. The van der Waals surface area contributed by atoms with E-state index >= 15 is 0 Å². The fraction of sp³-hybridized carbons (Fsp3) is 0.600. The van der Waals surface area contributed by atoms with Gasteiger partial charge in [0.05, 0.1) is 20.8 Å². The zero-order chi connectivity index (χ0) is 13.7. The van der Waals surface area contributed by atoms with Gasteiger partial charge in [-0.1, -0.05) is 12.8 Å². The smallest absolute Gasteiger partial charge is 0.126 e. The third-order valence-corrected chi connectivity index (χ3v) is 3.97. The third-order valence-electron chi connectivity index (χ3n) is 3.97. The van der Waals surface area contributed by atoms with Crippen LogP contribution < -0.4 is 19.9 Å². The van der Waals surface area contributed by atoms with Gasteiger partial charge < -0.3 is 19.9 Å². The summed E-state index contributed by atoms with van der Waals surface area (Å²) < 4.78 is 16.4. The molecule has 4 nitrogen and oxygen atoms in total. The first-order valence-electron chi connectivity index (χ1n) is 6.77. The minimum Gasteiger partial charge on any atom is -0.496 e.